The Bertz CT molecular complexity index is 586. The summed E-state index contributed by atoms with van der Waals surface area (Å²) in [5, 5.41) is 22.9. The Morgan fingerprint density at radius 3 is 2.42 bits per heavy atom. The van der Waals surface area contributed by atoms with Crippen molar-refractivity contribution >= 4 is 17.2 Å². The van der Waals surface area contributed by atoms with Crippen LogP contribution in [0.25, 0.3) is 0 Å². The number of nitrogens with one attached hydrogen (secondary N) is 1. The second-order valence-electron chi connectivity index (χ2n) is 4.68. The number of nitrogens with zero attached hydrogens (tertiary/aromatic N) is 2. The molecule has 1 N–H and O–H groups in total. The summed E-state index contributed by atoms with van der Waals surface area (Å²) in [6.07, 6.45) is 0. The van der Waals surface area contributed by atoms with E-state index in [1.807, 2.05) is 6.07 Å². The average Bonchev–Trinajstić information content (AvgIpc) is 2.36. The molecule has 0 unspecified atom stereocenters. The standard InChI is InChI=1S/C13H15N3O3/c1-8(17)13(2,3)10-5-6-11(16(18)19)12(15-4)9(10)7-14/h5-6,15H,1-4H3. The van der Waals surface area contributed by atoms with Crippen molar-refractivity contribution in [2.45, 2.75) is 26.2 Å². The molecule has 0 bridgehead atoms. The molecule has 0 aliphatic heterocycles. The highest BCUT2D eigenvalue weighted by molar-refractivity contribution is 5.89. The average molecular weight is 261 g/mol. The predicted octanol–water partition coefficient (Wildman–Crippen LogP) is 2.37. The van der Waals surface area contributed by atoms with Gasteiger partial charge in [0.25, 0.3) is 5.69 Å². The van der Waals surface area contributed by atoms with E-state index >= 15 is 0 Å². The summed E-state index contributed by atoms with van der Waals surface area (Å²) in [5.74, 6) is -0.111. The normalized spacial score (nSPS) is 10.7. The molecule has 0 spiro atoms. The third-order valence-corrected chi connectivity index (χ3v) is 3.30. The number of nitro groups is 1. The number of carbonyl (C=O) groups is 1. The molecule has 0 atom stereocenters. The molecule has 0 heterocycles. The number of hydrogen-bond acceptors (Lipinski definition) is 5. The first-order valence-corrected chi connectivity index (χ1v) is 5.68. The molecule has 0 fully saturated rings. The predicted molar refractivity (Wildman–Crippen MR) is 71.1 cm³/mol. The van der Waals surface area contributed by atoms with E-state index < -0.39 is 10.3 Å². The molecule has 6 heteroatoms. The maximum atomic E-state index is 11.7. The minimum absolute atomic E-state index is 0.111. The molecule has 100 valence electrons. The fourth-order valence-corrected chi connectivity index (χ4v) is 1.82. The second-order valence-corrected chi connectivity index (χ2v) is 4.68. The van der Waals surface area contributed by atoms with E-state index in [0.717, 1.165) is 0 Å². The number of carbonyl (C=O) groups excluding carboxylic acids is 1. The van der Waals surface area contributed by atoms with Crippen LogP contribution < -0.4 is 5.32 Å². The zero-order valence-corrected chi connectivity index (χ0v) is 11.3. The van der Waals surface area contributed by atoms with Crippen molar-refractivity contribution in [2.75, 3.05) is 12.4 Å². The van der Waals surface area contributed by atoms with Crippen LogP contribution in [0.5, 0.6) is 0 Å². The summed E-state index contributed by atoms with van der Waals surface area (Å²) in [6, 6.07) is 4.74. The van der Waals surface area contributed by atoms with Gasteiger partial charge in [-0.2, -0.15) is 5.26 Å². The van der Waals surface area contributed by atoms with E-state index in [1.165, 1.54) is 26.1 Å². The number of nitriles is 1. The van der Waals surface area contributed by atoms with E-state index in [1.54, 1.807) is 13.8 Å². The van der Waals surface area contributed by atoms with Crippen molar-refractivity contribution in [3.8, 4) is 6.07 Å². The van der Waals surface area contributed by atoms with Crippen LogP contribution in [0.15, 0.2) is 12.1 Å². The molecule has 1 aromatic rings. The summed E-state index contributed by atoms with van der Waals surface area (Å²) < 4.78 is 0. The van der Waals surface area contributed by atoms with Gasteiger partial charge in [-0.05, 0) is 32.4 Å². The Morgan fingerprint density at radius 1 is 1.47 bits per heavy atom. The van der Waals surface area contributed by atoms with Gasteiger partial charge in [0.2, 0.25) is 0 Å². The van der Waals surface area contributed by atoms with Gasteiger partial charge in [-0.25, -0.2) is 0 Å². The van der Waals surface area contributed by atoms with E-state index in [-0.39, 0.29) is 22.7 Å². The van der Waals surface area contributed by atoms with Gasteiger partial charge in [0.15, 0.2) is 0 Å². The van der Waals surface area contributed by atoms with Crippen LogP contribution in [0.1, 0.15) is 31.9 Å². The number of hydrogen-bond donors (Lipinski definition) is 1. The zero-order valence-electron chi connectivity index (χ0n) is 11.3. The zero-order chi connectivity index (χ0) is 14.8. The molecular formula is C13H15N3O3. The maximum Gasteiger partial charge on any atom is 0.293 e. The van der Waals surface area contributed by atoms with Crippen molar-refractivity contribution in [3.05, 3.63) is 33.4 Å². The lowest BCUT2D eigenvalue weighted by Gasteiger charge is -2.24. The third kappa shape index (κ3) is 2.40. The van der Waals surface area contributed by atoms with Crippen LogP contribution in [0, 0.1) is 21.4 Å². The maximum absolute atomic E-state index is 11.7. The highest BCUT2D eigenvalue weighted by Crippen LogP contribution is 2.36. The van der Waals surface area contributed by atoms with Crippen LogP contribution in [0.2, 0.25) is 0 Å². The first kappa shape index (κ1) is 14.6. The molecule has 19 heavy (non-hydrogen) atoms. The Kier molecular flexibility index (Phi) is 3.90. The summed E-state index contributed by atoms with van der Waals surface area (Å²) in [5.41, 5.74) is -0.290. The van der Waals surface area contributed by atoms with Crippen molar-refractivity contribution in [2.24, 2.45) is 0 Å². The molecule has 1 aromatic carbocycles. The monoisotopic (exact) mass is 261 g/mol. The quantitative estimate of drug-likeness (QED) is 0.663. The van der Waals surface area contributed by atoms with Crippen LogP contribution in [0.4, 0.5) is 11.4 Å². The van der Waals surface area contributed by atoms with E-state index in [2.05, 4.69) is 5.32 Å². The fourth-order valence-electron chi connectivity index (χ4n) is 1.82. The Balaban J connectivity index is 3.68. The van der Waals surface area contributed by atoms with Gasteiger partial charge in [-0.1, -0.05) is 0 Å². The summed E-state index contributed by atoms with van der Waals surface area (Å²) >= 11 is 0. The highest BCUT2D eigenvalue weighted by Gasteiger charge is 2.32. The Morgan fingerprint density at radius 2 is 2.05 bits per heavy atom. The third-order valence-electron chi connectivity index (χ3n) is 3.30. The summed E-state index contributed by atoms with van der Waals surface area (Å²) in [4.78, 5) is 22.1. The summed E-state index contributed by atoms with van der Waals surface area (Å²) in [7, 11) is 1.51. The lowest BCUT2D eigenvalue weighted by atomic mass is 9.78. The van der Waals surface area contributed by atoms with Crippen LogP contribution in [0.3, 0.4) is 0 Å². The SMILES string of the molecule is CNc1c([N+](=O)[O-])ccc(C(C)(C)C(C)=O)c1C#N. The van der Waals surface area contributed by atoms with Gasteiger partial charge >= 0.3 is 0 Å². The minimum atomic E-state index is -0.869. The second kappa shape index (κ2) is 5.06. The van der Waals surface area contributed by atoms with Gasteiger partial charge in [-0.15, -0.1) is 0 Å². The van der Waals surface area contributed by atoms with E-state index in [9.17, 15) is 20.2 Å². The van der Waals surface area contributed by atoms with Gasteiger partial charge in [-0.3, -0.25) is 14.9 Å². The number of ketones is 1. The molecule has 0 aromatic heterocycles. The van der Waals surface area contributed by atoms with Crippen LogP contribution >= 0.6 is 0 Å². The van der Waals surface area contributed by atoms with Crippen LogP contribution in [-0.2, 0) is 10.2 Å². The van der Waals surface area contributed by atoms with Crippen molar-refractivity contribution in [3.63, 3.8) is 0 Å². The van der Waals surface area contributed by atoms with Gasteiger partial charge < -0.3 is 5.32 Å². The molecule has 0 saturated heterocycles. The fraction of sp³-hybridized carbons (Fsp3) is 0.385. The molecule has 0 radical (unpaired) electrons. The van der Waals surface area contributed by atoms with Crippen molar-refractivity contribution < 1.29 is 9.72 Å². The molecule has 1 rings (SSSR count). The number of Topliss-reactive ketones (excluding diaryl/α,β-unsaturated/α-hetero) is 1. The molecular weight excluding hydrogens is 246 g/mol. The Hall–Kier alpha value is -2.42. The number of benzene rings is 1. The van der Waals surface area contributed by atoms with Gasteiger partial charge in [0.05, 0.1) is 10.5 Å². The lowest BCUT2D eigenvalue weighted by molar-refractivity contribution is -0.384. The molecule has 0 aliphatic rings. The first-order chi connectivity index (χ1) is 8.77. The Labute approximate surface area is 111 Å². The molecule has 6 nitrogen and oxygen atoms in total. The highest BCUT2D eigenvalue weighted by atomic mass is 16.6. The lowest BCUT2D eigenvalue weighted by Crippen LogP contribution is -2.28. The number of nitro benzene ring substituents is 1. The summed E-state index contributed by atoms with van der Waals surface area (Å²) in [6.45, 7) is 4.81. The minimum Gasteiger partial charge on any atom is -0.381 e. The number of rotatable bonds is 4. The number of anilines is 1. The largest absolute Gasteiger partial charge is 0.381 e. The van der Waals surface area contributed by atoms with Gasteiger partial charge in [0.1, 0.15) is 17.5 Å². The molecule has 0 aliphatic carbocycles. The van der Waals surface area contributed by atoms with Crippen molar-refractivity contribution in [1.29, 1.82) is 5.26 Å². The van der Waals surface area contributed by atoms with E-state index in [4.69, 9.17) is 0 Å². The topological polar surface area (TPSA) is 96.0 Å². The first-order valence-electron chi connectivity index (χ1n) is 5.68. The van der Waals surface area contributed by atoms with Crippen LogP contribution in [-0.4, -0.2) is 17.8 Å². The smallest absolute Gasteiger partial charge is 0.293 e. The molecule has 0 saturated carbocycles. The molecule has 0 amide bonds. The van der Waals surface area contributed by atoms with Crippen molar-refractivity contribution in [1.82, 2.24) is 0 Å². The van der Waals surface area contributed by atoms with E-state index in [0.29, 0.717) is 5.56 Å². The van der Waals surface area contributed by atoms with Gasteiger partial charge in [0, 0.05) is 18.5 Å².